The van der Waals surface area contributed by atoms with Crippen LogP contribution in [-0.2, 0) is 14.3 Å². The van der Waals surface area contributed by atoms with Crippen LogP contribution in [0.4, 0.5) is 8.78 Å². The van der Waals surface area contributed by atoms with Crippen LogP contribution in [0.3, 0.4) is 0 Å². The molecule has 1 aliphatic heterocycles. The van der Waals surface area contributed by atoms with Crippen molar-refractivity contribution in [3.05, 3.63) is 0 Å². The summed E-state index contributed by atoms with van der Waals surface area (Å²) in [6.45, 7) is 0.843. The average molecular weight is 294 g/mol. The van der Waals surface area contributed by atoms with Crippen molar-refractivity contribution in [3.63, 3.8) is 0 Å². The van der Waals surface area contributed by atoms with Crippen molar-refractivity contribution in [1.29, 1.82) is 0 Å². The second-order valence-corrected chi connectivity index (χ2v) is 4.64. The Morgan fingerprint density at radius 3 is 2.55 bits per heavy atom. The molecule has 8 heteroatoms. The van der Waals surface area contributed by atoms with Crippen molar-refractivity contribution in [1.82, 2.24) is 10.2 Å². The number of ether oxygens (including phenoxy) is 1. The number of carbonyl (C=O) groups is 2. The minimum atomic E-state index is -2.48. The molecule has 0 aliphatic carbocycles. The number of carboxylic acids is 1. The molecule has 0 radical (unpaired) electrons. The highest BCUT2D eigenvalue weighted by molar-refractivity contribution is 5.78. The topological polar surface area (TPSA) is 78.9 Å². The van der Waals surface area contributed by atoms with Crippen LogP contribution >= 0.6 is 0 Å². The molecule has 0 aromatic heterocycles. The van der Waals surface area contributed by atoms with Crippen molar-refractivity contribution in [2.24, 2.45) is 5.92 Å². The van der Waals surface area contributed by atoms with E-state index in [9.17, 15) is 18.4 Å². The van der Waals surface area contributed by atoms with Gasteiger partial charge in [0.2, 0.25) is 5.91 Å². The third-order valence-electron chi connectivity index (χ3n) is 3.14. The maximum Gasteiger partial charge on any atom is 0.306 e. The van der Waals surface area contributed by atoms with Gasteiger partial charge >= 0.3 is 5.97 Å². The molecule has 116 valence electrons. The third kappa shape index (κ3) is 6.25. The molecule has 0 saturated carbocycles. The van der Waals surface area contributed by atoms with Gasteiger partial charge in [-0.1, -0.05) is 0 Å². The van der Waals surface area contributed by atoms with Gasteiger partial charge in [-0.05, 0) is 12.8 Å². The fourth-order valence-electron chi connectivity index (χ4n) is 2.00. The van der Waals surface area contributed by atoms with Gasteiger partial charge in [0.1, 0.15) is 6.61 Å². The lowest BCUT2D eigenvalue weighted by molar-refractivity contribution is -0.145. The Balaban J connectivity index is 2.07. The first kappa shape index (κ1) is 16.8. The fourth-order valence-corrected chi connectivity index (χ4v) is 2.00. The van der Waals surface area contributed by atoms with Crippen LogP contribution in [-0.4, -0.2) is 67.7 Å². The number of nitrogens with zero attached hydrogens (tertiary/aromatic N) is 1. The van der Waals surface area contributed by atoms with Gasteiger partial charge in [0.15, 0.2) is 0 Å². The first-order valence-electron chi connectivity index (χ1n) is 6.58. The summed E-state index contributed by atoms with van der Waals surface area (Å²) in [4.78, 5) is 24.2. The maximum atomic E-state index is 11.8. The lowest BCUT2D eigenvalue weighted by Crippen LogP contribution is -2.44. The van der Waals surface area contributed by atoms with Crippen LogP contribution in [0.15, 0.2) is 0 Å². The Morgan fingerprint density at radius 2 is 2.00 bits per heavy atom. The molecule has 1 amide bonds. The smallest absolute Gasteiger partial charge is 0.306 e. The van der Waals surface area contributed by atoms with Crippen molar-refractivity contribution >= 4 is 11.9 Å². The molecule has 0 aromatic carbocycles. The fraction of sp³-hybridized carbons (Fsp3) is 0.833. The van der Waals surface area contributed by atoms with Gasteiger partial charge in [0.05, 0.1) is 19.1 Å². The standard InChI is InChI=1S/C12H20F2N2O4/c13-10(14)8-20-6-3-15-7-11(17)16-4-1-9(2-5-16)12(18)19/h9-10,15H,1-8H2,(H,18,19). The number of halogens is 2. The SMILES string of the molecule is O=C(O)C1CCN(C(=O)CNCCOCC(F)F)CC1. The number of carbonyl (C=O) groups excluding carboxylic acids is 1. The maximum absolute atomic E-state index is 11.8. The van der Waals surface area contributed by atoms with Gasteiger partial charge < -0.3 is 20.1 Å². The van der Waals surface area contributed by atoms with E-state index < -0.39 is 19.0 Å². The van der Waals surface area contributed by atoms with E-state index in [1.54, 1.807) is 4.90 Å². The van der Waals surface area contributed by atoms with Gasteiger partial charge in [-0.3, -0.25) is 9.59 Å². The van der Waals surface area contributed by atoms with Gasteiger partial charge in [-0.2, -0.15) is 0 Å². The molecule has 20 heavy (non-hydrogen) atoms. The first-order chi connectivity index (χ1) is 9.50. The molecule has 2 N–H and O–H groups in total. The summed E-state index contributed by atoms with van der Waals surface area (Å²) in [5, 5.41) is 11.7. The summed E-state index contributed by atoms with van der Waals surface area (Å²) in [7, 11) is 0. The molecule has 1 aliphatic rings. The predicted octanol–water partition coefficient (Wildman–Crippen LogP) is 0.181. The number of piperidine rings is 1. The van der Waals surface area contributed by atoms with E-state index in [1.807, 2.05) is 0 Å². The number of amides is 1. The van der Waals surface area contributed by atoms with Crippen LogP contribution in [0.25, 0.3) is 0 Å². The van der Waals surface area contributed by atoms with Crippen molar-refractivity contribution in [2.75, 3.05) is 39.4 Å². The minimum absolute atomic E-state index is 0.107. The number of carboxylic acid groups (broad SMARTS) is 1. The summed E-state index contributed by atoms with van der Waals surface area (Å²) >= 11 is 0. The Labute approximate surface area is 116 Å². The zero-order valence-corrected chi connectivity index (χ0v) is 11.2. The second kappa shape index (κ2) is 8.80. The number of likely N-dealkylation sites (tertiary alicyclic amines) is 1. The first-order valence-corrected chi connectivity index (χ1v) is 6.58. The van der Waals surface area contributed by atoms with E-state index in [1.165, 1.54) is 0 Å². The van der Waals surface area contributed by atoms with E-state index in [4.69, 9.17) is 5.11 Å². The minimum Gasteiger partial charge on any atom is -0.481 e. The second-order valence-electron chi connectivity index (χ2n) is 4.64. The zero-order valence-electron chi connectivity index (χ0n) is 11.2. The van der Waals surface area contributed by atoms with E-state index in [-0.39, 0.29) is 25.0 Å². The molecule has 0 atom stereocenters. The van der Waals surface area contributed by atoms with E-state index in [0.717, 1.165) is 0 Å². The molecule has 1 saturated heterocycles. The van der Waals surface area contributed by atoms with Crippen LogP contribution < -0.4 is 5.32 Å². The summed E-state index contributed by atoms with van der Waals surface area (Å²) in [5.41, 5.74) is 0. The summed E-state index contributed by atoms with van der Waals surface area (Å²) in [6.07, 6.45) is -1.54. The van der Waals surface area contributed by atoms with E-state index >= 15 is 0 Å². The number of hydrogen-bond donors (Lipinski definition) is 2. The highest BCUT2D eigenvalue weighted by atomic mass is 19.3. The summed E-state index contributed by atoms with van der Waals surface area (Å²) in [5.74, 6) is -1.29. The van der Waals surface area contributed by atoms with Crippen LogP contribution in [0, 0.1) is 5.92 Å². The molecule has 0 unspecified atom stereocenters. The highest BCUT2D eigenvalue weighted by Gasteiger charge is 2.26. The number of aliphatic carboxylic acids is 1. The lowest BCUT2D eigenvalue weighted by atomic mass is 9.97. The molecule has 1 fully saturated rings. The normalized spacial score (nSPS) is 16.6. The van der Waals surface area contributed by atoms with E-state index in [0.29, 0.717) is 32.5 Å². The van der Waals surface area contributed by atoms with Gasteiger partial charge in [-0.25, -0.2) is 8.78 Å². The highest BCUT2D eigenvalue weighted by Crippen LogP contribution is 2.16. The largest absolute Gasteiger partial charge is 0.481 e. The van der Waals surface area contributed by atoms with Gasteiger partial charge in [-0.15, -0.1) is 0 Å². The van der Waals surface area contributed by atoms with Crippen LogP contribution in [0.5, 0.6) is 0 Å². The summed E-state index contributed by atoms with van der Waals surface area (Å²) < 4.78 is 28.2. The number of rotatable bonds is 8. The molecule has 1 rings (SSSR count). The third-order valence-corrected chi connectivity index (χ3v) is 3.14. The molecule has 0 spiro atoms. The Hall–Kier alpha value is -1.28. The molecule has 1 heterocycles. The predicted molar refractivity (Wildman–Crippen MR) is 66.6 cm³/mol. The van der Waals surface area contributed by atoms with Gasteiger partial charge in [0.25, 0.3) is 6.43 Å². The molecule has 0 aromatic rings. The van der Waals surface area contributed by atoms with Crippen molar-refractivity contribution in [3.8, 4) is 0 Å². The van der Waals surface area contributed by atoms with Gasteiger partial charge in [0, 0.05) is 19.6 Å². The summed E-state index contributed by atoms with van der Waals surface area (Å²) in [6, 6.07) is 0. The van der Waals surface area contributed by atoms with Crippen LogP contribution in [0.2, 0.25) is 0 Å². The molecular weight excluding hydrogens is 274 g/mol. The number of alkyl halides is 2. The Kier molecular flexibility index (Phi) is 7.38. The average Bonchev–Trinajstić information content (AvgIpc) is 2.42. The van der Waals surface area contributed by atoms with Crippen molar-refractivity contribution in [2.45, 2.75) is 19.3 Å². The Bertz CT molecular complexity index is 321. The number of hydrogen-bond acceptors (Lipinski definition) is 4. The van der Waals surface area contributed by atoms with E-state index in [2.05, 4.69) is 10.1 Å². The zero-order chi connectivity index (χ0) is 15.0. The van der Waals surface area contributed by atoms with Crippen LogP contribution in [0.1, 0.15) is 12.8 Å². The quantitative estimate of drug-likeness (QED) is 0.624. The Morgan fingerprint density at radius 1 is 1.35 bits per heavy atom. The lowest BCUT2D eigenvalue weighted by Gasteiger charge is -2.30. The molecular formula is C12H20F2N2O4. The number of nitrogens with one attached hydrogen (secondary N) is 1. The van der Waals surface area contributed by atoms with Crippen molar-refractivity contribution < 1.29 is 28.2 Å². The monoisotopic (exact) mass is 294 g/mol. The molecule has 0 bridgehead atoms. The molecule has 6 nitrogen and oxygen atoms in total.